The largest absolute Gasteiger partial charge is 0.366 e. The number of hydrogen-bond acceptors (Lipinski definition) is 4. The van der Waals surface area contributed by atoms with Crippen molar-refractivity contribution in [1.82, 2.24) is 14.5 Å². The first-order valence-electron chi connectivity index (χ1n) is 6.60. The van der Waals surface area contributed by atoms with E-state index in [0.29, 0.717) is 6.42 Å². The van der Waals surface area contributed by atoms with E-state index in [4.69, 9.17) is 4.74 Å². The fraction of sp³-hybridized carbons (Fsp3) is 0.429. The smallest absolute Gasteiger partial charge is 0.241 e. The molecular formula is C14H15F2N3O2. The van der Waals surface area contributed by atoms with Crippen molar-refractivity contribution in [3.05, 3.63) is 36.4 Å². The van der Waals surface area contributed by atoms with Crippen molar-refractivity contribution in [3.63, 3.8) is 0 Å². The molecule has 0 saturated heterocycles. The number of rotatable bonds is 3. The van der Waals surface area contributed by atoms with Crippen molar-refractivity contribution in [3.8, 4) is 0 Å². The zero-order valence-electron chi connectivity index (χ0n) is 11.6. The van der Waals surface area contributed by atoms with Crippen molar-refractivity contribution in [2.75, 3.05) is 0 Å². The van der Waals surface area contributed by atoms with E-state index in [9.17, 15) is 13.9 Å². The fourth-order valence-corrected chi connectivity index (χ4v) is 2.55. The SMILES string of the molecule is CC(C)(O)O[C@@H]1C=C[C@@H](n2cnc3c(F)ncc(F)c32)C1. The molecule has 1 aliphatic rings. The average Bonchev–Trinajstić information content (AvgIpc) is 2.98. The minimum atomic E-state index is -1.25. The number of nitrogens with zero attached hydrogens (tertiary/aromatic N) is 3. The van der Waals surface area contributed by atoms with E-state index in [2.05, 4.69) is 9.97 Å². The van der Waals surface area contributed by atoms with Gasteiger partial charge in [0, 0.05) is 6.42 Å². The van der Waals surface area contributed by atoms with Gasteiger partial charge in [-0.2, -0.15) is 4.39 Å². The highest BCUT2D eigenvalue weighted by Crippen LogP contribution is 2.31. The Morgan fingerprint density at radius 3 is 2.81 bits per heavy atom. The Balaban J connectivity index is 1.90. The van der Waals surface area contributed by atoms with E-state index in [1.807, 2.05) is 6.08 Å². The van der Waals surface area contributed by atoms with Crippen LogP contribution >= 0.6 is 0 Å². The zero-order valence-corrected chi connectivity index (χ0v) is 11.6. The molecule has 7 heteroatoms. The summed E-state index contributed by atoms with van der Waals surface area (Å²) in [5, 5.41) is 9.65. The van der Waals surface area contributed by atoms with Crippen LogP contribution in [0.5, 0.6) is 0 Å². The molecule has 0 bridgehead atoms. The van der Waals surface area contributed by atoms with Crippen molar-refractivity contribution in [1.29, 1.82) is 0 Å². The number of fused-ring (bicyclic) bond motifs is 1. The number of allylic oxidation sites excluding steroid dienone is 1. The van der Waals surface area contributed by atoms with Crippen molar-refractivity contribution >= 4 is 11.0 Å². The molecule has 2 atom stereocenters. The summed E-state index contributed by atoms with van der Waals surface area (Å²) in [6.07, 6.45) is 6.08. The van der Waals surface area contributed by atoms with Gasteiger partial charge in [0.1, 0.15) is 11.0 Å². The molecule has 0 saturated carbocycles. The van der Waals surface area contributed by atoms with Gasteiger partial charge in [-0.15, -0.1) is 0 Å². The number of halogens is 2. The summed E-state index contributed by atoms with van der Waals surface area (Å²) in [6.45, 7) is 3.09. The summed E-state index contributed by atoms with van der Waals surface area (Å²) in [4.78, 5) is 7.20. The molecule has 2 aromatic heterocycles. The number of hydrogen-bond donors (Lipinski definition) is 1. The summed E-state index contributed by atoms with van der Waals surface area (Å²) in [5.41, 5.74) is -0.00341. The van der Waals surface area contributed by atoms with E-state index >= 15 is 0 Å². The molecule has 112 valence electrons. The van der Waals surface area contributed by atoms with E-state index in [1.54, 1.807) is 24.5 Å². The number of imidazole rings is 1. The highest BCUT2D eigenvalue weighted by atomic mass is 19.1. The van der Waals surface area contributed by atoms with E-state index in [-0.39, 0.29) is 23.2 Å². The minimum Gasteiger partial charge on any atom is -0.366 e. The first kappa shape index (κ1) is 14.1. The Kier molecular flexibility index (Phi) is 3.26. The number of ether oxygens (including phenoxy) is 1. The van der Waals surface area contributed by atoms with Gasteiger partial charge in [-0.05, 0) is 13.8 Å². The second-order valence-electron chi connectivity index (χ2n) is 5.54. The minimum absolute atomic E-state index is 0.0843. The lowest BCUT2D eigenvalue weighted by molar-refractivity contribution is -0.194. The van der Waals surface area contributed by atoms with Crippen LogP contribution in [0.15, 0.2) is 24.7 Å². The van der Waals surface area contributed by atoms with Gasteiger partial charge in [-0.25, -0.2) is 14.4 Å². The Morgan fingerprint density at radius 1 is 1.33 bits per heavy atom. The molecule has 0 fully saturated rings. The van der Waals surface area contributed by atoms with Crippen molar-refractivity contribution in [2.45, 2.75) is 38.2 Å². The topological polar surface area (TPSA) is 60.2 Å². The number of aromatic nitrogens is 3. The normalized spacial score (nSPS) is 22.3. The Hall–Kier alpha value is -1.86. The van der Waals surface area contributed by atoms with Crippen LogP contribution in [0.3, 0.4) is 0 Å². The molecule has 21 heavy (non-hydrogen) atoms. The van der Waals surface area contributed by atoms with Gasteiger partial charge < -0.3 is 14.4 Å². The van der Waals surface area contributed by atoms with Crippen molar-refractivity contribution < 1.29 is 18.6 Å². The van der Waals surface area contributed by atoms with Gasteiger partial charge >= 0.3 is 0 Å². The zero-order chi connectivity index (χ0) is 15.2. The molecule has 0 radical (unpaired) electrons. The summed E-state index contributed by atoms with van der Waals surface area (Å²) >= 11 is 0. The van der Waals surface area contributed by atoms with Crippen LogP contribution in [0.1, 0.15) is 26.3 Å². The van der Waals surface area contributed by atoms with E-state index in [0.717, 1.165) is 6.20 Å². The van der Waals surface area contributed by atoms with Crippen LogP contribution in [-0.2, 0) is 4.74 Å². The number of pyridine rings is 1. The highest BCUT2D eigenvalue weighted by Gasteiger charge is 2.28. The maximum absolute atomic E-state index is 13.9. The van der Waals surface area contributed by atoms with E-state index < -0.39 is 17.6 Å². The van der Waals surface area contributed by atoms with E-state index in [1.165, 1.54) is 6.33 Å². The van der Waals surface area contributed by atoms with Gasteiger partial charge in [0.25, 0.3) is 0 Å². The lowest BCUT2D eigenvalue weighted by Gasteiger charge is -2.23. The van der Waals surface area contributed by atoms with Gasteiger partial charge in [0.15, 0.2) is 11.6 Å². The summed E-state index contributed by atoms with van der Waals surface area (Å²) < 4.78 is 34.4. The molecule has 0 spiro atoms. The molecule has 0 amide bonds. The van der Waals surface area contributed by atoms with Crippen LogP contribution in [0.4, 0.5) is 8.78 Å². The quantitative estimate of drug-likeness (QED) is 0.536. The highest BCUT2D eigenvalue weighted by molar-refractivity contribution is 5.75. The predicted molar refractivity (Wildman–Crippen MR) is 71.4 cm³/mol. The number of aliphatic hydroxyl groups is 1. The van der Waals surface area contributed by atoms with Crippen LogP contribution in [0.2, 0.25) is 0 Å². The molecule has 2 heterocycles. The molecule has 5 nitrogen and oxygen atoms in total. The first-order chi connectivity index (χ1) is 9.85. The second-order valence-corrected chi connectivity index (χ2v) is 5.54. The third-order valence-electron chi connectivity index (χ3n) is 3.33. The first-order valence-corrected chi connectivity index (χ1v) is 6.60. The Bertz CT molecular complexity index is 706. The molecular weight excluding hydrogens is 280 g/mol. The molecule has 0 aromatic carbocycles. The molecule has 0 unspecified atom stereocenters. The lowest BCUT2D eigenvalue weighted by Crippen LogP contribution is -2.28. The Labute approximate surface area is 119 Å². The molecule has 2 aromatic rings. The summed E-state index contributed by atoms with van der Waals surface area (Å²) in [7, 11) is 0. The average molecular weight is 295 g/mol. The van der Waals surface area contributed by atoms with Gasteiger partial charge in [-0.1, -0.05) is 12.2 Å². The monoisotopic (exact) mass is 295 g/mol. The summed E-state index contributed by atoms with van der Waals surface area (Å²) in [6, 6.07) is -0.210. The maximum Gasteiger partial charge on any atom is 0.241 e. The molecule has 0 aliphatic heterocycles. The third-order valence-corrected chi connectivity index (χ3v) is 3.33. The van der Waals surface area contributed by atoms with Crippen molar-refractivity contribution in [2.24, 2.45) is 0 Å². The standard InChI is InChI=1S/C14H15F2N3O2/c1-14(2,20)21-9-4-3-8(5-9)19-7-18-11-12(19)10(15)6-17-13(11)16/h3-4,6-9,20H,5H2,1-2H3/t8-,9-/m1/s1. The molecule has 1 aliphatic carbocycles. The van der Waals surface area contributed by atoms with Crippen LogP contribution in [0, 0.1) is 11.8 Å². The third kappa shape index (κ3) is 2.66. The Morgan fingerprint density at radius 2 is 2.10 bits per heavy atom. The lowest BCUT2D eigenvalue weighted by atomic mass is 10.2. The molecule has 3 rings (SSSR count). The molecule has 1 N–H and O–H groups in total. The predicted octanol–water partition coefficient (Wildman–Crippen LogP) is 2.32. The van der Waals surface area contributed by atoms with Crippen LogP contribution in [-0.4, -0.2) is 31.5 Å². The summed E-state index contributed by atoms with van der Waals surface area (Å²) in [5.74, 6) is -2.66. The van der Waals surface area contributed by atoms with Crippen LogP contribution < -0.4 is 0 Å². The van der Waals surface area contributed by atoms with Gasteiger partial charge in [-0.3, -0.25) is 0 Å². The fourth-order valence-electron chi connectivity index (χ4n) is 2.55. The van der Waals surface area contributed by atoms with Gasteiger partial charge in [0.2, 0.25) is 5.95 Å². The van der Waals surface area contributed by atoms with Gasteiger partial charge in [0.05, 0.1) is 24.7 Å². The maximum atomic E-state index is 13.9. The van der Waals surface area contributed by atoms with Crippen LogP contribution in [0.25, 0.3) is 11.0 Å². The second kappa shape index (κ2) is 4.85.